The number of fused-ring (bicyclic) bond motifs is 3. The Bertz CT molecular complexity index is 775. The number of non-ortho nitro benzene ring substituents is 1. The van der Waals surface area contributed by atoms with Crippen LogP contribution in [0.4, 0.5) is 11.4 Å². The second-order valence-electron chi connectivity index (χ2n) is 4.84. The first kappa shape index (κ1) is 13.6. The largest absolute Gasteiger partial charge is 0.478 e. The van der Waals surface area contributed by atoms with Gasteiger partial charge in [-0.15, -0.1) is 11.6 Å². The minimum absolute atomic E-state index is 0.0472. The Morgan fingerprint density at radius 2 is 2.19 bits per heavy atom. The minimum atomic E-state index is -1.07. The van der Waals surface area contributed by atoms with Crippen molar-refractivity contribution in [1.29, 1.82) is 0 Å². The fraction of sp³-hybridized carbons (Fsp3) is 0.214. The molecule has 1 heterocycles. The van der Waals surface area contributed by atoms with Crippen LogP contribution in [-0.2, 0) is 0 Å². The summed E-state index contributed by atoms with van der Waals surface area (Å²) in [4.78, 5) is 21.9. The van der Waals surface area contributed by atoms with E-state index in [0.29, 0.717) is 28.9 Å². The van der Waals surface area contributed by atoms with Crippen molar-refractivity contribution in [1.82, 2.24) is 5.32 Å². The molecular weight excluding hydrogens is 296 g/mol. The Morgan fingerprint density at radius 1 is 1.43 bits per heavy atom. The van der Waals surface area contributed by atoms with Crippen molar-refractivity contribution in [3.05, 3.63) is 45.5 Å². The minimum Gasteiger partial charge on any atom is -0.478 e. The number of carboxylic acid groups (broad SMARTS) is 1. The lowest BCUT2D eigenvalue weighted by Gasteiger charge is -2.10. The number of carboxylic acids is 1. The average Bonchev–Trinajstić information content (AvgIpc) is 2.88. The third kappa shape index (κ3) is 2.08. The molecule has 1 aliphatic rings. The van der Waals surface area contributed by atoms with Crippen LogP contribution in [-0.4, -0.2) is 28.4 Å². The number of benzene rings is 2. The van der Waals surface area contributed by atoms with E-state index in [1.807, 2.05) is 0 Å². The van der Waals surface area contributed by atoms with Crippen molar-refractivity contribution >= 4 is 39.7 Å². The van der Waals surface area contributed by atoms with Gasteiger partial charge in [-0.3, -0.25) is 15.4 Å². The summed E-state index contributed by atoms with van der Waals surface area (Å²) in [5, 5.41) is 25.6. The predicted molar refractivity (Wildman–Crippen MR) is 77.7 cm³/mol. The van der Waals surface area contributed by atoms with Crippen LogP contribution in [0, 0.1) is 10.1 Å². The topological polar surface area (TPSA) is 94.5 Å². The molecule has 1 aliphatic heterocycles. The molecule has 0 aromatic heterocycles. The summed E-state index contributed by atoms with van der Waals surface area (Å²) in [5.74, 6) is -0.788. The molecule has 0 fully saturated rings. The average molecular weight is 306 g/mol. The maximum atomic E-state index is 11.2. The quantitative estimate of drug-likeness (QED) is 0.535. The highest BCUT2D eigenvalue weighted by molar-refractivity contribution is 6.18. The van der Waals surface area contributed by atoms with E-state index in [1.54, 1.807) is 0 Å². The Morgan fingerprint density at radius 3 is 2.81 bits per heavy atom. The monoisotopic (exact) mass is 305 g/mol. The summed E-state index contributed by atoms with van der Waals surface area (Å²) >= 11 is 5.93. The van der Waals surface area contributed by atoms with Gasteiger partial charge >= 0.3 is 5.97 Å². The fourth-order valence-corrected chi connectivity index (χ4v) is 2.94. The first-order valence-electron chi connectivity index (χ1n) is 6.24. The molecule has 7 heteroatoms. The van der Waals surface area contributed by atoms with Gasteiger partial charge in [-0.05, 0) is 29.1 Å². The molecule has 1 N–H and O–H groups in total. The number of halogens is 1. The Kier molecular flexibility index (Phi) is 3.17. The van der Waals surface area contributed by atoms with E-state index in [0.717, 1.165) is 5.56 Å². The van der Waals surface area contributed by atoms with Crippen molar-refractivity contribution in [2.75, 3.05) is 12.4 Å². The van der Waals surface area contributed by atoms with Crippen molar-refractivity contribution in [2.45, 2.75) is 5.92 Å². The van der Waals surface area contributed by atoms with Gasteiger partial charge in [0, 0.05) is 24.4 Å². The van der Waals surface area contributed by atoms with Gasteiger partial charge in [0.2, 0.25) is 0 Å². The molecule has 0 aliphatic carbocycles. The van der Waals surface area contributed by atoms with Crippen LogP contribution < -0.4 is 5.32 Å². The molecule has 3 rings (SSSR count). The number of nitro benzene ring substituents is 1. The van der Waals surface area contributed by atoms with Crippen LogP contribution in [0.25, 0.3) is 10.8 Å². The van der Waals surface area contributed by atoms with Crippen molar-refractivity contribution in [3.8, 4) is 0 Å². The molecule has 1 radical (unpaired) electrons. The molecule has 1 atom stereocenters. The summed E-state index contributed by atoms with van der Waals surface area (Å²) in [6.45, 7) is 0.465. The van der Waals surface area contributed by atoms with Crippen LogP contribution in [0.15, 0.2) is 24.3 Å². The van der Waals surface area contributed by atoms with Gasteiger partial charge in [-0.25, -0.2) is 4.79 Å². The van der Waals surface area contributed by atoms with Gasteiger partial charge in [0.05, 0.1) is 21.6 Å². The highest BCUT2D eigenvalue weighted by atomic mass is 35.5. The van der Waals surface area contributed by atoms with E-state index in [2.05, 4.69) is 5.32 Å². The number of hydrogen-bond donors (Lipinski definition) is 1. The Balaban J connectivity index is 2.39. The highest BCUT2D eigenvalue weighted by Crippen LogP contribution is 2.42. The third-order valence-corrected chi connectivity index (χ3v) is 4.03. The lowest BCUT2D eigenvalue weighted by atomic mass is 9.93. The zero-order valence-corrected chi connectivity index (χ0v) is 11.5. The number of nitrogens with zero attached hydrogens (tertiary/aromatic N) is 2. The normalized spacial score (nSPS) is 16.5. The predicted octanol–water partition coefficient (Wildman–Crippen LogP) is 3.02. The molecule has 1 unspecified atom stereocenters. The number of alkyl halides is 1. The number of rotatable bonds is 3. The molecule has 0 bridgehead atoms. The summed E-state index contributed by atoms with van der Waals surface area (Å²) in [7, 11) is 0. The number of carbonyl (C=O) groups is 1. The lowest BCUT2D eigenvalue weighted by Crippen LogP contribution is -2.03. The standard InChI is InChI=1S/C14H10ClN2O4/c15-5-8-6-16-11-4-12(17(20)21)9-2-1-7(14(18)19)3-10(9)13(8)11/h1-4,8H,5-6H2,(H,18,19). The highest BCUT2D eigenvalue weighted by Gasteiger charge is 2.29. The Labute approximate surface area is 124 Å². The van der Waals surface area contributed by atoms with E-state index in [9.17, 15) is 14.9 Å². The zero-order chi connectivity index (χ0) is 15.1. The van der Waals surface area contributed by atoms with E-state index in [1.165, 1.54) is 24.3 Å². The van der Waals surface area contributed by atoms with Gasteiger partial charge in [0.25, 0.3) is 5.69 Å². The van der Waals surface area contributed by atoms with Crippen molar-refractivity contribution in [3.63, 3.8) is 0 Å². The van der Waals surface area contributed by atoms with E-state index < -0.39 is 10.9 Å². The van der Waals surface area contributed by atoms with Crippen LogP contribution in [0.1, 0.15) is 21.8 Å². The maximum Gasteiger partial charge on any atom is 0.335 e. The number of nitro groups is 1. The van der Waals surface area contributed by atoms with Gasteiger partial charge in [0.1, 0.15) is 0 Å². The molecule has 6 nitrogen and oxygen atoms in total. The summed E-state index contributed by atoms with van der Waals surface area (Å²) in [6.07, 6.45) is 0. The van der Waals surface area contributed by atoms with Gasteiger partial charge in [0.15, 0.2) is 0 Å². The molecule has 21 heavy (non-hydrogen) atoms. The van der Waals surface area contributed by atoms with Crippen LogP contribution >= 0.6 is 11.6 Å². The third-order valence-electron chi connectivity index (χ3n) is 3.66. The second kappa shape index (κ2) is 4.89. The molecule has 0 spiro atoms. The molecule has 107 valence electrons. The number of hydrogen-bond acceptors (Lipinski definition) is 3. The van der Waals surface area contributed by atoms with E-state index in [4.69, 9.17) is 16.7 Å². The lowest BCUT2D eigenvalue weighted by molar-refractivity contribution is -0.383. The van der Waals surface area contributed by atoms with Crippen LogP contribution in [0.5, 0.6) is 0 Å². The summed E-state index contributed by atoms with van der Waals surface area (Å²) in [5.41, 5.74) is 1.35. The summed E-state index contributed by atoms with van der Waals surface area (Å²) in [6, 6.07) is 5.74. The van der Waals surface area contributed by atoms with Crippen LogP contribution in [0.2, 0.25) is 0 Å². The molecule has 0 amide bonds. The van der Waals surface area contributed by atoms with E-state index >= 15 is 0 Å². The van der Waals surface area contributed by atoms with Gasteiger partial charge < -0.3 is 5.11 Å². The zero-order valence-electron chi connectivity index (χ0n) is 10.7. The molecule has 2 aromatic carbocycles. The van der Waals surface area contributed by atoms with Crippen LogP contribution in [0.3, 0.4) is 0 Å². The fourth-order valence-electron chi connectivity index (χ4n) is 2.68. The van der Waals surface area contributed by atoms with Crippen molar-refractivity contribution in [2.24, 2.45) is 0 Å². The first-order valence-corrected chi connectivity index (χ1v) is 6.78. The second-order valence-corrected chi connectivity index (χ2v) is 5.15. The van der Waals surface area contributed by atoms with Crippen molar-refractivity contribution < 1.29 is 14.8 Å². The SMILES string of the molecule is O=C(O)c1ccc2c([N+](=O)[O-])cc3c(c2c1)C(CCl)C[N]3. The summed E-state index contributed by atoms with van der Waals surface area (Å²) < 4.78 is 0. The molecule has 2 aromatic rings. The Hall–Kier alpha value is -2.34. The van der Waals surface area contributed by atoms with Gasteiger partial charge in [-0.2, -0.15) is 0 Å². The molecule has 0 saturated carbocycles. The number of aromatic carboxylic acids is 1. The first-order chi connectivity index (χ1) is 10.0. The maximum absolute atomic E-state index is 11.2. The molecule has 0 saturated heterocycles. The molecular formula is C14H10ClN2O4. The van der Waals surface area contributed by atoms with Gasteiger partial charge in [-0.1, -0.05) is 0 Å². The van der Waals surface area contributed by atoms with E-state index in [-0.39, 0.29) is 17.2 Å². The smallest absolute Gasteiger partial charge is 0.335 e.